The van der Waals surface area contributed by atoms with Crippen LogP contribution in [0.1, 0.15) is 27.0 Å². The van der Waals surface area contributed by atoms with Crippen LogP contribution in [0, 0.1) is 13.8 Å². The van der Waals surface area contributed by atoms with E-state index in [0.717, 1.165) is 16.9 Å². The minimum atomic E-state index is -0.317. The molecule has 0 atom stereocenters. The fraction of sp³-hybridized carbons (Fsp3) is 0.240. The van der Waals surface area contributed by atoms with Gasteiger partial charge in [0.05, 0.1) is 32.0 Å². The van der Waals surface area contributed by atoms with Crippen molar-refractivity contribution in [2.75, 3.05) is 26.6 Å². The Hall–Kier alpha value is -3.38. The SMILES string of the molecule is COc1cc(NC(=O)c2ccc(OC)c(COc3ccc(C)c(C)c3)c2)c(OC)cc1Cl. The number of aryl methyl sites for hydroxylation is 2. The summed E-state index contributed by atoms with van der Waals surface area (Å²) in [6.07, 6.45) is 0. The van der Waals surface area contributed by atoms with Gasteiger partial charge in [-0.3, -0.25) is 4.79 Å². The van der Waals surface area contributed by atoms with Gasteiger partial charge in [-0.1, -0.05) is 17.7 Å². The van der Waals surface area contributed by atoms with Crippen LogP contribution in [0.2, 0.25) is 5.02 Å². The lowest BCUT2D eigenvalue weighted by Gasteiger charge is -2.15. The van der Waals surface area contributed by atoms with E-state index in [9.17, 15) is 4.79 Å². The summed E-state index contributed by atoms with van der Waals surface area (Å²) in [6.45, 7) is 4.34. The average Bonchev–Trinajstić information content (AvgIpc) is 2.80. The minimum Gasteiger partial charge on any atom is -0.496 e. The van der Waals surface area contributed by atoms with Crippen LogP contribution in [-0.2, 0) is 6.61 Å². The molecule has 0 fully saturated rings. The van der Waals surface area contributed by atoms with Crippen molar-refractivity contribution in [3.05, 3.63) is 75.8 Å². The number of carbonyl (C=O) groups excluding carboxylic acids is 1. The number of halogens is 1. The Morgan fingerprint density at radius 2 is 1.56 bits per heavy atom. The molecule has 0 heterocycles. The highest BCUT2D eigenvalue weighted by atomic mass is 35.5. The number of nitrogens with one attached hydrogen (secondary N) is 1. The van der Waals surface area contributed by atoms with Gasteiger partial charge in [0.15, 0.2) is 0 Å². The monoisotopic (exact) mass is 455 g/mol. The molecule has 0 unspecified atom stereocenters. The third-order valence-electron chi connectivity index (χ3n) is 5.14. The molecular formula is C25H26ClNO5. The van der Waals surface area contributed by atoms with Crippen LogP contribution in [-0.4, -0.2) is 27.2 Å². The lowest BCUT2D eigenvalue weighted by atomic mass is 10.1. The molecule has 168 valence electrons. The minimum absolute atomic E-state index is 0.255. The number of rotatable bonds is 8. The van der Waals surface area contributed by atoms with Crippen molar-refractivity contribution < 1.29 is 23.7 Å². The lowest BCUT2D eigenvalue weighted by Crippen LogP contribution is -2.14. The number of benzene rings is 3. The molecule has 0 radical (unpaired) electrons. The van der Waals surface area contributed by atoms with Crippen LogP contribution in [0.5, 0.6) is 23.0 Å². The quantitative estimate of drug-likeness (QED) is 0.464. The zero-order chi connectivity index (χ0) is 23.3. The van der Waals surface area contributed by atoms with Crippen molar-refractivity contribution in [3.8, 4) is 23.0 Å². The topological polar surface area (TPSA) is 66.0 Å². The molecular weight excluding hydrogens is 430 g/mol. The summed E-state index contributed by atoms with van der Waals surface area (Å²) in [5.74, 6) is 1.93. The maximum Gasteiger partial charge on any atom is 0.255 e. The summed E-state index contributed by atoms with van der Waals surface area (Å²) in [7, 11) is 4.59. The summed E-state index contributed by atoms with van der Waals surface area (Å²) >= 11 is 6.15. The first-order chi connectivity index (χ1) is 15.4. The first-order valence-electron chi connectivity index (χ1n) is 9.96. The van der Waals surface area contributed by atoms with Crippen LogP contribution in [0.15, 0.2) is 48.5 Å². The molecule has 32 heavy (non-hydrogen) atoms. The molecule has 0 spiro atoms. The third kappa shape index (κ3) is 5.26. The van der Waals surface area contributed by atoms with Crippen molar-refractivity contribution in [2.45, 2.75) is 20.5 Å². The van der Waals surface area contributed by atoms with Gasteiger partial charge in [-0.2, -0.15) is 0 Å². The number of anilines is 1. The van der Waals surface area contributed by atoms with Crippen molar-refractivity contribution in [1.82, 2.24) is 0 Å². The number of methoxy groups -OCH3 is 3. The lowest BCUT2D eigenvalue weighted by molar-refractivity contribution is 0.102. The van der Waals surface area contributed by atoms with Crippen molar-refractivity contribution in [1.29, 1.82) is 0 Å². The van der Waals surface area contributed by atoms with Gasteiger partial charge < -0.3 is 24.3 Å². The highest BCUT2D eigenvalue weighted by Gasteiger charge is 2.16. The molecule has 0 aromatic heterocycles. The van der Waals surface area contributed by atoms with Crippen LogP contribution in [0.25, 0.3) is 0 Å². The molecule has 3 aromatic rings. The summed E-state index contributed by atoms with van der Waals surface area (Å²) in [5, 5.41) is 3.23. The van der Waals surface area contributed by atoms with Gasteiger partial charge in [0.2, 0.25) is 0 Å². The van der Waals surface area contributed by atoms with Crippen LogP contribution in [0.4, 0.5) is 5.69 Å². The molecule has 0 aliphatic carbocycles. The summed E-state index contributed by atoms with van der Waals surface area (Å²) < 4.78 is 22.0. The summed E-state index contributed by atoms with van der Waals surface area (Å²) in [5.41, 5.74) is 3.99. The van der Waals surface area contributed by atoms with Crippen LogP contribution < -0.4 is 24.3 Å². The van der Waals surface area contributed by atoms with E-state index in [4.69, 9.17) is 30.5 Å². The van der Waals surface area contributed by atoms with Gasteiger partial charge >= 0.3 is 0 Å². The Balaban J connectivity index is 1.82. The van der Waals surface area contributed by atoms with E-state index >= 15 is 0 Å². The smallest absolute Gasteiger partial charge is 0.255 e. The Labute approximate surface area is 193 Å². The number of ether oxygens (including phenoxy) is 4. The molecule has 7 heteroatoms. The zero-order valence-corrected chi connectivity index (χ0v) is 19.5. The molecule has 6 nitrogen and oxygen atoms in total. The Kier molecular flexibility index (Phi) is 7.49. The van der Waals surface area contributed by atoms with Gasteiger partial charge in [0, 0.05) is 23.3 Å². The fourth-order valence-corrected chi connectivity index (χ4v) is 3.38. The normalized spacial score (nSPS) is 10.4. The van der Waals surface area contributed by atoms with E-state index < -0.39 is 0 Å². The zero-order valence-electron chi connectivity index (χ0n) is 18.7. The van der Waals surface area contributed by atoms with E-state index in [-0.39, 0.29) is 12.5 Å². The van der Waals surface area contributed by atoms with Crippen molar-refractivity contribution in [2.24, 2.45) is 0 Å². The molecule has 0 aliphatic rings. The number of hydrogen-bond acceptors (Lipinski definition) is 5. The first-order valence-corrected chi connectivity index (χ1v) is 10.3. The fourth-order valence-electron chi connectivity index (χ4n) is 3.15. The van der Waals surface area contributed by atoms with Crippen molar-refractivity contribution in [3.63, 3.8) is 0 Å². The highest BCUT2D eigenvalue weighted by Crippen LogP contribution is 2.36. The predicted molar refractivity (Wildman–Crippen MR) is 126 cm³/mol. The molecule has 0 bridgehead atoms. The summed E-state index contributed by atoms with van der Waals surface area (Å²) in [4.78, 5) is 13.0. The summed E-state index contributed by atoms with van der Waals surface area (Å²) in [6, 6.07) is 14.3. The van der Waals surface area contributed by atoms with E-state index in [1.54, 1.807) is 37.4 Å². The maximum atomic E-state index is 13.0. The number of carbonyl (C=O) groups is 1. The standard InChI is InChI=1S/C25H26ClNO5/c1-15-6-8-19(10-16(15)2)32-14-18-11-17(7-9-22(18)29-3)25(28)27-21-13-23(30-4)20(26)12-24(21)31-5/h6-13H,14H2,1-5H3,(H,27,28). The predicted octanol–water partition coefficient (Wildman–Crippen LogP) is 5.81. The molecule has 0 saturated carbocycles. The molecule has 1 amide bonds. The van der Waals surface area contributed by atoms with E-state index in [1.807, 2.05) is 25.1 Å². The Bertz CT molecular complexity index is 1130. The highest BCUT2D eigenvalue weighted by molar-refractivity contribution is 6.32. The van der Waals surface area contributed by atoms with Gasteiger partial charge in [-0.05, 0) is 55.3 Å². The molecule has 3 aromatic carbocycles. The van der Waals surface area contributed by atoms with E-state index in [2.05, 4.69) is 12.2 Å². The Morgan fingerprint density at radius 3 is 2.22 bits per heavy atom. The first kappa shape index (κ1) is 23.3. The largest absolute Gasteiger partial charge is 0.496 e. The second-order valence-electron chi connectivity index (χ2n) is 7.20. The van der Waals surface area contributed by atoms with Gasteiger partial charge in [0.25, 0.3) is 5.91 Å². The van der Waals surface area contributed by atoms with Gasteiger partial charge in [-0.15, -0.1) is 0 Å². The molecule has 3 rings (SSSR count). The van der Waals surface area contributed by atoms with Gasteiger partial charge in [-0.25, -0.2) is 0 Å². The van der Waals surface area contributed by atoms with Crippen LogP contribution in [0.3, 0.4) is 0 Å². The van der Waals surface area contributed by atoms with E-state index in [0.29, 0.717) is 33.5 Å². The Morgan fingerprint density at radius 1 is 0.844 bits per heavy atom. The third-order valence-corrected chi connectivity index (χ3v) is 5.43. The number of amides is 1. The van der Waals surface area contributed by atoms with Crippen LogP contribution >= 0.6 is 11.6 Å². The second-order valence-corrected chi connectivity index (χ2v) is 7.61. The maximum absolute atomic E-state index is 13.0. The average molecular weight is 456 g/mol. The molecule has 0 saturated heterocycles. The van der Waals surface area contributed by atoms with Gasteiger partial charge in [0.1, 0.15) is 29.6 Å². The number of hydrogen-bond donors (Lipinski definition) is 1. The second kappa shape index (κ2) is 10.3. The van der Waals surface area contributed by atoms with Crippen molar-refractivity contribution >= 4 is 23.2 Å². The molecule has 1 N–H and O–H groups in total. The molecule has 0 aliphatic heterocycles. The van der Waals surface area contributed by atoms with E-state index in [1.165, 1.54) is 19.8 Å².